The molecule has 1 fully saturated rings. The van der Waals surface area contributed by atoms with Crippen molar-refractivity contribution in [2.24, 2.45) is 0 Å². The van der Waals surface area contributed by atoms with Gasteiger partial charge in [-0.1, -0.05) is 0 Å². The Bertz CT molecular complexity index is 882. The van der Waals surface area contributed by atoms with Gasteiger partial charge in [-0.25, -0.2) is 4.98 Å². The Hall–Kier alpha value is -2.48. The van der Waals surface area contributed by atoms with Crippen molar-refractivity contribution in [2.75, 3.05) is 24.5 Å². The summed E-state index contributed by atoms with van der Waals surface area (Å²) in [6.45, 7) is 2.18. The molecule has 1 N–H and O–H groups in total. The molecule has 2 aromatic rings. The maximum absolute atomic E-state index is 12.5. The molecule has 1 saturated heterocycles. The number of anilines is 1. The van der Waals surface area contributed by atoms with Crippen LogP contribution in [0.3, 0.4) is 0 Å². The molecule has 29 heavy (non-hydrogen) atoms. The summed E-state index contributed by atoms with van der Waals surface area (Å²) >= 11 is 1.81. The van der Waals surface area contributed by atoms with Gasteiger partial charge in [0.2, 0.25) is 0 Å². The zero-order valence-corrected chi connectivity index (χ0v) is 17.3. The van der Waals surface area contributed by atoms with Gasteiger partial charge in [0.15, 0.2) is 0 Å². The monoisotopic (exact) mass is 414 g/mol. The first-order valence-electron chi connectivity index (χ1n) is 10.4. The lowest BCUT2D eigenvalue weighted by Crippen LogP contribution is -2.25. The second-order valence-corrected chi connectivity index (χ2v) is 8.87. The second-order valence-electron chi connectivity index (χ2n) is 7.70. The number of nitrogens with one attached hydrogen (secondary N) is 1. The average molecular weight is 415 g/mol. The number of aryl methyl sites for hydroxylation is 3. The number of amides is 1. The smallest absolute Gasteiger partial charge is 0.293 e. The van der Waals surface area contributed by atoms with Crippen LogP contribution in [0.4, 0.5) is 11.4 Å². The normalized spacial score (nSPS) is 15.9. The molecule has 8 heteroatoms. The molecule has 1 aromatic carbocycles. The number of carbonyl (C=O) groups excluding carboxylic acids is 1. The fourth-order valence-corrected chi connectivity index (χ4v) is 5.29. The maximum atomic E-state index is 12.5. The SMILES string of the molecule is O=C(NCCCc1nc2c(s1)CCCC2)c1ccc(N2CCCC2)c([N+](=O)[O-])c1. The number of hydrogen-bond acceptors (Lipinski definition) is 6. The van der Waals surface area contributed by atoms with Crippen molar-refractivity contribution in [3.8, 4) is 0 Å². The van der Waals surface area contributed by atoms with Crippen LogP contribution in [0.2, 0.25) is 0 Å². The number of nitrogens with zero attached hydrogens (tertiary/aromatic N) is 3. The average Bonchev–Trinajstić information content (AvgIpc) is 3.40. The molecule has 1 aliphatic heterocycles. The summed E-state index contributed by atoms with van der Waals surface area (Å²) in [5.41, 5.74) is 2.22. The summed E-state index contributed by atoms with van der Waals surface area (Å²) in [6.07, 6.45) is 8.48. The standard InChI is InChI=1S/C21H26N4O3S/c26-21(22-11-5-8-20-23-16-6-1-2-7-19(16)29-20)15-9-10-17(18(14-15)25(27)28)24-12-3-4-13-24/h9-10,14H,1-8,11-13H2,(H,22,26). The van der Waals surface area contributed by atoms with Crippen LogP contribution in [0.1, 0.15) is 58.0 Å². The lowest BCUT2D eigenvalue weighted by Gasteiger charge is -2.17. The van der Waals surface area contributed by atoms with Gasteiger partial charge in [0.1, 0.15) is 5.69 Å². The molecular formula is C21H26N4O3S. The number of nitro groups is 1. The van der Waals surface area contributed by atoms with E-state index in [9.17, 15) is 14.9 Å². The number of aromatic nitrogens is 1. The van der Waals surface area contributed by atoms with Crippen LogP contribution in [-0.2, 0) is 19.3 Å². The fourth-order valence-electron chi connectivity index (χ4n) is 4.09. The van der Waals surface area contributed by atoms with E-state index in [2.05, 4.69) is 5.32 Å². The topological polar surface area (TPSA) is 88.4 Å². The molecule has 0 atom stereocenters. The fraction of sp³-hybridized carbons (Fsp3) is 0.524. The van der Waals surface area contributed by atoms with Gasteiger partial charge in [-0.15, -0.1) is 11.3 Å². The predicted molar refractivity (Wildman–Crippen MR) is 114 cm³/mol. The van der Waals surface area contributed by atoms with Gasteiger partial charge < -0.3 is 10.2 Å². The van der Waals surface area contributed by atoms with E-state index < -0.39 is 4.92 Å². The molecule has 1 aromatic heterocycles. The Kier molecular flexibility index (Phi) is 6.08. The van der Waals surface area contributed by atoms with Gasteiger partial charge >= 0.3 is 0 Å². The molecule has 1 amide bonds. The number of thiazole rings is 1. The van der Waals surface area contributed by atoms with Crippen molar-refractivity contribution in [1.29, 1.82) is 0 Å². The number of benzene rings is 1. The lowest BCUT2D eigenvalue weighted by molar-refractivity contribution is -0.384. The van der Waals surface area contributed by atoms with Crippen molar-refractivity contribution in [3.63, 3.8) is 0 Å². The van der Waals surface area contributed by atoms with Gasteiger partial charge in [-0.05, 0) is 57.1 Å². The van der Waals surface area contributed by atoms with Gasteiger partial charge in [-0.3, -0.25) is 14.9 Å². The minimum atomic E-state index is -0.394. The quantitative estimate of drug-likeness (QED) is 0.422. The first-order chi connectivity index (χ1) is 14.1. The molecule has 0 saturated carbocycles. The van der Waals surface area contributed by atoms with Gasteiger partial charge in [0, 0.05) is 42.6 Å². The molecule has 2 heterocycles. The summed E-state index contributed by atoms with van der Waals surface area (Å²) in [4.78, 5) is 31.7. The number of nitro benzene ring substituents is 1. The first kappa shape index (κ1) is 19.8. The summed E-state index contributed by atoms with van der Waals surface area (Å²) < 4.78 is 0. The molecule has 7 nitrogen and oxygen atoms in total. The zero-order valence-electron chi connectivity index (χ0n) is 16.5. The van der Waals surface area contributed by atoms with Gasteiger partial charge in [-0.2, -0.15) is 0 Å². The number of rotatable bonds is 7. The summed E-state index contributed by atoms with van der Waals surface area (Å²) in [5, 5.41) is 15.5. The molecule has 2 aliphatic rings. The van der Waals surface area contributed by atoms with Crippen LogP contribution in [-0.4, -0.2) is 35.4 Å². The predicted octanol–water partition coefficient (Wildman–Crippen LogP) is 3.89. The number of hydrogen-bond donors (Lipinski definition) is 1. The van der Waals surface area contributed by atoms with E-state index in [0.29, 0.717) is 17.8 Å². The number of carbonyl (C=O) groups is 1. The summed E-state index contributed by atoms with van der Waals surface area (Å²) in [6, 6.07) is 4.79. The Morgan fingerprint density at radius 2 is 2.00 bits per heavy atom. The van der Waals surface area contributed by atoms with Crippen LogP contribution in [0, 0.1) is 10.1 Å². The van der Waals surface area contributed by atoms with Gasteiger partial charge in [0.25, 0.3) is 11.6 Å². The van der Waals surface area contributed by atoms with E-state index in [0.717, 1.165) is 56.6 Å². The highest BCUT2D eigenvalue weighted by atomic mass is 32.1. The molecular weight excluding hydrogens is 388 g/mol. The highest BCUT2D eigenvalue weighted by Crippen LogP contribution is 2.31. The van der Waals surface area contributed by atoms with Crippen molar-refractivity contribution < 1.29 is 9.72 Å². The lowest BCUT2D eigenvalue weighted by atomic mass is 10.0. The third-order valence-corrected chi connectivity index (χ3v) is 6.84. The first-order valence-corrected chi connectivity index (χ1v) is 11.2. The molecule has 4 rings (SSSR count). The molecule has 154 valence electrons. The minimum Gasteiger partial charge on any atom is -0.366 e. The Morgan fingerprint density at radius 3 is 2.76 bits per heavy atom. The van der Waals surface area contributed by atoms with Crippen LogP contribution in [0.15, 0.2) is 18.2 Å². The van der Waals surface area contributed by atoms with Crippen LogP contribution in [0.5, 0.6) is 0 Å². The minimum absolute atomic E-state index is 0.00733. The van der Waals surface area contributed by atoms with Crippen molar-refractivity contribution in [1.82, 2.24) is 10.3 Å². The summed E-state index contributed by atoms with van der Waals surface area (Å²) in [5.74, 6) is -0.264. The van der Waals surface area contributed by atoms with E-state index in [1.165, 1.54) is 29.5 Å². The van der Waals surface area contributed by atoms with Crippen molar-refractivity contribution >= 4 is 28.6 Å². The van der Waals surface area contributed by atoms with E-state index in [-0.39, 0.29) is 11.6 Å². The molecule has 0 bridgehead atoms. The molecule has 1 aliphatic carbocycles. The van der Waals surface area contributed by atoms with Crippen molar-refractivity contribution in [2.45, 2.75) is 51.4 Å². The number of fused-ring (bicyclic) bond motifs is 1. The molecule has 0 unspecified atom stereocenters. The van der Waals surface area contributed by atoms with Crippen LogP contribution in [0.25, 0.3) is 0 Å². The highest BCUT2D eigenvalue weighted by molar-refractivity contribution is 7.11. The van der Waals surface area contributed by atoms with Crippen LogP contribution < -0.4 is 10.2 Å². The van der Waals surface area contributed by atoms with E-state index in [4.69, 9.17) is 4.98 Å². The summed E-state index contributed by atoms with van der Waals surface area (Å²) in [7, 11) is 0. The molecule has 0 spiro atoms. The Balaban J connectivity index is 1.32. The Labute approximate surface area is 174 Å². The maximum Gasteiger partial charge on any atom is 0.293 e. The molecule has 0 radical (unpaired) electrons. The highest BCUT2D eigenvalue weighted by Gasteiger charge is 2.23. The zero-order chi connectivity index (χ0) is 20.2. The second kappa shape index (κ2) is 8.90. The third-order valence-electron chi connectivity index (χ3n) is 5.62. The van der Waals surface area contributed by atoms with E-state index >= 15 is 0 Å². The van der Waals surface area contributed by atoms with Crippen molar-refractivity contribution in [3.05, 3.63) is 49.5 Å². The third kappa shape index (κ3) is 4.58. The van der Waals surface area contributed by atoms with Gasteiger partial charge in [0.05, 0.1) is 15.6 Å². The van der Waals surface area contributed by atoms with E-state index in [1.807, 2.05) is 4.90 Å². The largest absolute Gasteiger partial charge is 0.366 e. The Morgan fingerprint density at radius 1 is 1.21 bits per heavy atom. The van der Waals surface area contributed by atoms with Crippen LogP contribution >= 0.6 is 11.3 Å². The van der Waals surface area contributed by atoms with E-state index in [1.54, 1.807) is 23.5 Å².